The van der Waals surface area contributed by atoms with E-state index in [0.717, 1.165) is 24.8 Å². The maximum absolute atomic E-state index is 12.2. The number of carbonyl (C=O) groups excluding carboxylic acids is 1. The molecule has 2 N–H and O–H groups in total. The summed E-state index contributed by atoms with van der Waals surface area (Å²) in [5.41, 5.74) is 5.21. The molecule has 2 aromatic carbocycles. The fraction of sp³-hybridized carbons (Fsp3) is 0.435. The molecule has 2 fully saturated rings. The fourth-order valence-corrected chi connectivity index (χ4v) is 6.08. The zero-order chi connectivity index (χ0) is 18.6. The quantitative estimate of drug-likeness (QED) is 0.597. The zero-order valence-electron chi connectivity index (χ0n) is 15.6. The first-order valence-electron chi connectivity index (χ1n) is 9.90. The monoisotopic (exact) mass is 361 g/mol. The molecule has 2 aliphatic carbocycles. The van der Waals surface area contributed by atoms with Gasteiger partial charge in [-0.2, -0.15) is 0 Å². The number of carbonyl (C=O) groups is 1. The minimum atomic E-state index is -0.948. The van der Waals surface area contributed by atoms with Crippen LogP contribution in [0.4, 0.5) is 0 Å². The summed E-state index contributed by atoms with van der Waals surface area (Å²) in [5, 5.41) is 13.0. The number of nitrogens with one attached hydrogen (secondary N) is 1. The number of aliphatic hydroxyl groups excluding tert-OH is 1. The van der Waals surface area contributed by atoms with Crippen molar-refractivity contribution in [2.75, 3.05) is 0 Å². The van der Waals surface area contributed by atoms with E-state index in [2.05, 4.69) is 49.2 Å². The number of rotatable bonds is 0. The third-order valence-corrected chi connectivity index (χ3v) is 7.55. The van der Waals surface area contributed by atoms with E-state index in [4.69, 9.17) is 4.74 Å². The van der Waals surface area contributed by atoms with Gasteiger partial charge in [0.25, 0.3) is 0 Å². The highest BCUT2D eigenvalue weighted by molar-refractivity contribution is 6.08. The Morgan fingerprint density at radius 2 is 1.93 bits per heavy atom. The molecule has 0 radical (unpaired) electrons. The van der Waals surface area contributed by atoms with Crippen LogP contribution in [0, 0.1) is 12.8 Å². The smallest absolute Gasteiger partial charge is 0.354 e. The van der Waals surface area contributed by atoms with Crippen LogP contribution in [0.15, 0.2) is 30.3 Å². The van der Waals surface area contributed by atoms with Crippen LogP contribution in [-0.2, 0) is 21.4 Å². The number of fused-ring (bicyclic) bond motifs is 7. The van der Waals surface area contributed by atoms with Crippen molar-refractivity contribution in [1.82, 2.24) is 4.98 Å². The van der Waals surface area contributed by atoms with Gasteiger partial charge in [-0.3, -0.25) is 0 Å². The lowest BCUT2D eigenvalue weighted by Gasteiger charge is -2.49. The Morgan fingerprint density at radius 1 is 1.15 bits per heavy atom. The molecule has 1 aromatic heterocycles. The van der Waals surface area contributed by atoms with Gasteiger partial charge in [0.05, 0.1) is 0 Å². The average Bonchev–Trinajstić information content (AvgIpc) is 3.18. The Hall–Kier alpha value is -2.33. The third kappa shape index (κ3) is 1.80. The molecule has 4 heteroatoms. The van der Waals surface area contributed by atoms with Gasteiger partial charge < -0.3 is 14.8 Å². The maximum Gasteiger partial charge on any atom is 0.354 e. The molecule has 0 unspecified atom stereocenters. The second-order valence-electron chi connectivity index (χ2n) is 8.97. The van der Waals surface area contributed by atoms with Gasteiger partial charge in [-0.05, 0) is 68.0 Å². The van der Waals surface area contributed by atoms with Crippen molar-refractivity contribution >= 4 is 27.8 Å². The van der Waals surface area contributed by atoms with Crippen LogP contribution in [0.25, 0.3) is 21.8 Å². The molecule has 1 saturated heterocycles. The topological polar surface area (TPSA) is 65.6 Å². The molecule has 6 rings (SSSR count). The summed E-state index contributed by atoms with van der Waals surface area (Å²) in [6.07, 6.45) is 2.65. The predicted molar refractivity (Wildman–Crippen MR) is 104 cm³/mol. The molecule has 3 aliphatic rings. The Morgan fingerprint density at radius 3 is 2.70 bits per heavy atom. The van der Waals surface area contributed by atoms with E-state index in [1.165, 1.54) is 33.0 Å². The average molecular weight is 361 g/mol. The molecule has 1 spiro atoms. The van der Waals surface area contributed by atoms with E-state index in [1.807, 2.05) is 0 Å². The number of hydrogen-bond acceptors (Lipinski definition) is 3. The zero-order valence-corrected chi connectivity index (χ0v) is 15.6. The largest absolute Gasteiger partial charge is 0.441 e. The van der Waals surface area contributed by atoms with E-state index in [1.54, 1.807) is 0 Å². The highest BCUT2D eigenvalue weighted by atomic mass is 16.7. The molecule has 4 atom stereocenters. The summed E-state index contributed by atoms with van der Waals surface area (Å²) >= 11 is 0. The van der Waals surface area contributed by atoms with Crippen LogP contribution in [0.1, 0.15) is 42.9 Å². The summed E-state index contributed by atoms with van der Waals surface area (Å²) in [6.45, 7) is 4.39. The Bertz CT molecular complexity index is 1150. The van der Waals surface area contributed by atoms with Gasteiger partial charge in [0.1, 0.15) is 6.10 Å². The number of aromatic nitrogens is 1. The van der Waals surface area contributed by atoms with E-state index >= 15 is 0 Å². The van der Waals surface area contributed by atoms with Crippen molar-refractivity contribution in [3.05, 3.63) is 47.0 Å². The molecule has 0 amide bonds. The lowest BCUT2D eigenvalue weighted by Crippen LogP contribution is -2.55. The van der Waals surface area contributed by atoms with Gasteiger partial charge in [0.15, 0.2) is 0 Å². The predicted octanol–water partition coefficient (Wildman–Crippen LogP) is 3.90. The van der Waals surface area contributed by atoms with Gasteiger partial charge in [-0.25, -0.2) is 4.79 Å². The lowest BCUT2D eigenvalue weighted by atomic mass is 9.54. The summed E-state index contributed by atoms with van der Waals surface area (Å²) in [4.78, 5) is 15.7. The van der Waals surface area contributed by atoms with Crippen LogP contribution in [-0.4, -0.2) is 27.8 Å². The van der Waals surface area contributed by atoms with Gasteiger partial charge in [0, 0.05) is 33.1 Å². The molecule has 138 valence electrons. The fourth-order valence-electron chi connectivity index (χ4n) is 6.08. The number of H-pyrrole nitrogens is 1. The molecule has 2 heterocycles. The molecular weight excluding hydrogens is 338 g/mol. The van der Waals surface area contributed by atoms with Crippen LogP contribution < -0.4 is 0 Å². The number of aromatic amines is 1. The van der Waals surface area contributed by atoms with Crippen molar-refractivity contribution in [1.29, 1.82) is 0 Å². The highest BCUT2D eigenvalue weighted by Crippen LogP contribution is 2.60. The van der Waals surface area contributed by atoms with Crippen LogP contribution in [0.2, 0.25) is 0 Å². The summed E-state index contributed by atoms with van der Waals surface area (Å²) in [5.74, 6) is -0.156. The molecule has 0 bridgehead atoms. The molecular formula is C23H23NO3. The van der Waals surface area contributed by atoms with Crippen molar-refractivity contribution in [3.63, 3.8) is 0 Å². The van der Waals surface area contributed by atoms with Crippen LogP contribution in [0.3, 0.4) is 0 Å². The summed E-state index contributed by atoms with van der Waals surface area (Å²) in [6, 6.07) is 11.2. The maximum atomic E-state index is 12.2. The van der Waals surface area contributed by atoms with Crippen molar-refractivity contribution in [2.24, 2.45) is 5.92 Å². The Labute approximate surface area is 157 Å². The first-order valence-corrected chi connectivity index (χ1v) is 9.90. The van der Waals surface area contributed by atoms with Crippen molar-refractivity contribution in [2.45, 2.75) is 56.7 Å². The van der Waals surface area contributed by atoms with Gasteiger partial charge in [0.2, 0.25) is 5.60 Å². The highest BCUT2D eigenvalue weighted by Gasteiger charge is 2.73. The first kappa shape index (κ1) is 15.7. The van der Waals surface area contributed by atoms with E-state index < -0.39 is 11.7 Å². The number of benzene rings is 2. The normalized spacial score (nSPS) is 34.6. The molecule has 27 heavy (non-hydrogen) atoms. The Kier molecular flexibility index (Phi) is 2.76. The van der Waals surface area contributed by atoms with Gasteiger partial charge >= 0.3 is 5.97 Å². The number of aryl methyl sites for hydroxylation is 2. The summed E-state index contributed by atoms with van der Waals surface area (Å²) < 4.78 is 5.47. The van der Waals surface area contributed by atoms with Crippen LogP contribution in [0.5, 0.6) is 0 Å². The second-order valence-corrected chi connectivity index (χ2v) is 8.97. The number of epoxide rings is 1. The number of aliphatic hydroxyl groups is 1. The van der Waals surface area contributed by atoms with Crippen molar-refractivity contribution < 1.29 is 14.6 Å². The third-order valence-electron chi connectivity index (χ3n) is 7.55. The van der Waals surface area contributed by atoms with E-state index in [9.17, 15) is 9.90 Å². The Balaban J connectivity index is 1.59. The molecule has 1 aliphatic heterocycles. The van der Waals surface area contributed by atoms with Gasteiger partial charge in [-0.15, -0.1) is 0 Å². The lowest BCUT2D eigenvalue weighted by molar-refractivity contribution is -0.118. The second kappa shape index (κ2) is 4.74. The summed E-state index contributed by atoms with van der Waals surface area (Å²) in [7, 11) is 0. The number of hydrogen-bond donors (Lipinski definition) is 2. The van der Waals surface area contributed by atoms with E-state index in [0.29, 0.717) is 6.42 Å². The first-order chi connectivity index (χ1) is 12.9. The van der Waals surface area contributed by atoms with E-state index in [-0.39, 0.29) is 17.3 Å². The molecule has 3 aromatic rings. The van der Waals surface area contributed by atoms with Gasteiger partial charge in [-0.1, -0.05) is 18.6 Å². The SMILES string of the molecule is Cc1ccc2[nH]c3cc4c(cc3c2c1)[C@@]1(C)CC[C@H](O)[C@]2(OC2=O)[C@@H]1CC4. The standard InChI is InChI=1S/C23H23NO3/c1-12-3-5-17-14(9-12)15-11-16-13(10-18(15)24-17)4-6-19-22(16,2)8-7-20(25)23(19)21(26)27-23/h3,5,9-11,19-20,24-25H,4,6-8H2,1-2H3/t19-,20+,22-,23-/m1/s1. The van der Waals surface area contributed by atoms with Crippen molar-refractivity contribution in [3.8, 4) is 0 Å². The minimum absolute atomic E-state index is 0.0538. The minimum Gasteiger partial charge on any atom is -0.441 e. The molecule has 4 nitrogen and oxygen atoms in total. The number of ether oxygens (including phenoxy) is 1. The molecule has 1 saturated carbocycles. The van der Waals surface area contributed by atoms with Crippen LogP contribution >= 0.6 is 0 Å².